The molecule has 1 unspecified atom stereocenters. The van der Waals surface area contributed by atoms with Gasteiger partial charge in [0.1, 0.15) is 11.4 Å². The highest BCUT2D eigenvalue weighted by molar-refractivity contribution is 5.93. The first-order valence-corrected chi connectivity index (χ1v) is 9.86. The van der Waals surface area contributed by atoms with Gasteiger partial charge in [0.15, 0.2) is 0 Å². The van der Waals surface area contributed by atoms with Gasteiger partial charge in [0.05, 0.1) is 23.4 Å². The first-order chi connectivity index (χ1) is 14.8. The maximum atomic E-state index is 13.0. The van der Waals surface area contributed by atoms with E-state index in [0.29, 0.717) is 42.6 Å². The van der Waals surface area contributed by atoms with E-state index >= 15 is 0 Å². The topological polar surface area (TPSA) is 111 Å². The third kappa shape index (κ3) is 3.73. The standard InChI is InChI=1S/C21H19N7O2/c29-21(18-12-24-15-5-1-2-6-16(15)25-18)28-9-3-4-14(13-28)10-19-26-20(27-30-19)17-11-22-7-8-23-17/h1-2,5-8,11-12,14H,3-4,9-10,13H2. The molecule has 9 heteroatoms. The first kappa shape index (κ1) is 18.3. The minimum atomic E-state index is -0.0938. The molecule has 0 N–H and O–H groups in total. The summed E-state index contributed by atoms with van der Waals surface area (Å²) in [5.74, 6) is 1.11. The predicted octanol–water partition coefficient (Wildman–Crippen LogP) is 2.56. The van der Waals surface area contributed by atoms with E-state index in [1.165, 1.54) is 0 Å². The van der Waals surface area contributed by atoms with Crippen molar-refractivity contribution in [2.45, 2.75) is 19.3 Å². The van der Waals surface area contributed by atoms with Gasteiger partial charge in [0.2, 0.25) is 11.7 Å². The van der Waals surface area contributed by atoms with E-state index in [9.17, 15) is 4.79 Å². The summed E-state index contributed by atoms with van der Waals surface area (Å²) in [5.41, 5.74) is 2.44. The van der Waals surface area contributed by atoms with Crippen molar-refractivity contribution in [2.75, 3.05) is 13.1 Å². The predicted molar refractivity (Wildman–Crippen MR) is 107 cm³/mol. The number of fused-ring (bicyclic) bond motifs is 1. The zero-order valence-corrected chi connectivity index (χ0v) is 16.2. The summed E-state index contributed by atoms with van der Waals surface area (Å²) in [7, 11) is 0. The summed E-state index contributed by atoms with van der Waals surface area (Å²) in [5, 5.41) is 4.00. The van der Waals surface area contributed by atoms with E-state index in [2.05, 4.69) is 30.1 Å². The van der Waals surface area contributed by atoms with Crippen molar-refractivity contribution >= 4 is 16.9 Å². The second-order valence-electron chi connectivity index (χ2n) is 7.31. The second kappa shape index (κ2) is 7.94. The molecule has 5 rings (SSSR count). The smallest absolute Gasteiger partial charge is 0.274 e. The number of hydrogen-bond acceptors (Lipinski definition) is 8. The zero-order chi connectivity index (χ0) is 20.3. The van der Waals surface area contributed by atoms with Gasteiger partial charge in [-0.2, -0.15) is 4.98 Å². The fourth-order valence-corrected chi connectivity index (χ4v) is 3.74. The molecule has 150 valence electrons. The minimum absolute atomic E-state index is 0.0938. The molecule has 9 nitrogen and oxygen atoms in total. The van der Waals surface area contributed by atoms with E-state index < -0.39 is 0 Å². The van der Waals surface area contributed by atoms with E-state index in [-0.39, 0.29) is 11.8 Å². The lowest BCUT2D eigenvalue weighted by atomic mass is 9.94. The number of para-hydroxylation sites is 2. The maximum absolute atomic E-state index is 13.0. The van der Waals surface area contributed by atoms with Crippen molar-refractivity contribution in [3.05, 3.63) is 60.6 Å². The Kier molecular flexibility index (Phi) is 4.84. The number of likely N-dealkylation sites (tertiary alicyclic amines) is 1. The molecule has 1 atom stereocenters. The molecule has 4 heterocycles. The van der Waals surface area contributed by atoms with Crippen LogP contribution in [0.1, 0.15) is 29.2 Å². The van der Waals surface area contributed by atoms with Crippen LogP contribution >= 0.6 is 0 Å². The average molecular weight is 401 g/mol. The number of nitrogens with zero attached hydrogens (tertiary/aromatic N) is 7. The Hall–Kier alpha value is -3.75. The molecule has 1 fully saturated rings. The van der Waals surface area contributed by atoms with Crippen molar-refractivity contribution in [3.63, 3.8) is 0 Å². The van der Waals surface area contributed by atoms with Crippen LogP contribution in [0.5, 0.6) is 0 Å². The third-order valence-electron chi connectivity index (χ3n) is 5.20. The van der Waals surface area contributed by atoms with Crippen LogP contribution in [0.2, 0.25) is 0 Å². The summed E-state index contributed by atoms with van der Waals surface area (Å²) < 4.78 is 5.40. The minimum Gasteiger partial charge on any atom is -0.339 e. The fraction of sp³-hybridized carbons (Fsp3) is 0.286. The molecule has 3 aromatic heterocycles. The maximum Gasteiger partial charge on any atom is 0.274 e. The molecular formula is C21H19N7O2. The van der Waals surface area contributed by atoms with Crippen LogP contribution < -0.4 is 0 Å². The summed E-state index contributed by atoms with van der Waals surface area (Å²) in [6.45, 7) is 1.33. The molecule has 0 bridgehead atoms. The molecule has 0 saturated carbocycles. The second-order valence-corrected chi connectivity index (χ2v) is 7.31. The quantitative estimate of drug-likeness (QED) is 0.513. The van der Waals surface area contributed by atoms with Crippen LogP contribution in [-0.2, 0) is 6.42 Å². The van der Waals surface area contributed by atoms with Gasteiger partial charge in [-0.25, -0.2) is 9.97 Å². The van der Waals surface area contributed by atoms with Gasteiger partial charge in [0.25, 0.3) is 5.91 Å². The first-order valence-electron chi connectivity index (χ1n) is 9.86. The highest BCUT2D eigenvalue weighted by Crippen LogP contribution is 2.23. The Bertz CT molecular complexity index is 1180. The number of aromatic nitrogens is 6. The summed E-state index contributed by atoms with van der Waals surface area (Å²) >= 11 is 0. The summed E-state index contributed by atoms with van der Waals surface area (Å²) in [4.78, 5) is 36.3. The largest absolute Gasteiger partial charge is 0.339 e. The Morgan fingerprint density at radius 3 is 2.87 bits per heavy atom. The van der Waals surface area contributed by atoms with Gasteiger partial charge in [-0.3, -0.25) is 14.8 Å². The van der Waals surface area contributed by atoms with E-state index in [4.69, 9.17) is 4.52 Å². The van der Waals surface area contributed by atoms with E-state index in [1.807, 2.05) is 29.2 Å². The van der Waals surface area contributed by atoms with E-state index in [0.717, 1.165) is 23.9 Å². The van der Waals surface area contributed by atoms with Crippen molar-refractivity contribution in [2.24, 2.45) is 5.92 Å². The fourth-order valence-electron chi connectivity index (χ4n) is 3.74. The molecule has 30 heavy (non-hydrogen) atoms. The lowest BCUT2D eigenvalue weighted by Crippen LogP contribution is -2.41. The van der Waals surface area contributed by atoms with Crippen molar-refractivity contribution < 1.29 is 9.32 Å². The van der Waals surface area contributed by atoms with E-state index in [1.54, 1.807) is 24.8 Å². The lowest BCUT2D eigenvalue weighted by Gasteiger charge is -2.31. The highest BCUT2D eigenvalue weighted by Gasteiger charge is 2.27. The number of piperidine rings is 1. The van der Waals surface area contributed by atoms with Crippen LogP contribution in [0.3, 0.4) is 0 Å². The number of carbonyl (C=O) groups is 1. The molecule has 1 amide bonds. The van der Waals surface area contributed by atoms with Gasteiger partial charge >= 0.3 is 0 Å². The Morgan fingerprint density at radius 1 is 1.10 bits per heavy atom. The normalized spacial score (nSPS) is 16.7. The molecular weight excluding hydrogens is 382 g/mol. The monoisotopic (exact) mass is 401 g/mol. The third-order valence-corrected chi connectivity index (χ3v) is 5.20. The van der Waals surface area contributed by atoms with Gasteiger partial charge < -0.3 is 9.42 Å². The van der Waals surface area contributed by atoms with Crippen LogP contribution in [-0.4, -0.2) is 54.0 Å². The molecule has 1 aliphatic heterocycles. The van der Waals surface area contributed by atoms with Crippen molar-refractivity contribution in [1.82, 2.24) is 35.0 Å². The van der Waals surface area contributed by atoms with Crippen LogP contribution in [0.25, 0.3) is 22.6 Å². The molecule has 1 aliphatic rings. The number of carbonyl (C=O) groups excluding carboxylic acids is 1. The van der Waals surface area contributed by atoms with Crippen LogP contribution in [0, 0.1) is 5.92 Å². The zero-order valence-electron chi connectivity index (χ0n) is 16.2. The molecule has 0 aliphatic carbocycles. The number of amides is 1. The molecule has 1 aromatic carbocycles. The Balaban J connectivity index is 1.27. The number of hydrogen-bond donors (Lipinski definition) is 0. The Morgan fingerprint density at radius 2 is 2.00 bits per heavy atom. The lowest BCUT2D eigenvalue weighted by molar-refractivity contribution is 0.0662. The number of benzene rings is 1. The van der Waals surface area contributed by atoms with Gasteiger partial charge in [0, 0.05) is 31.9 Å². The summed E-state index contributed by atoms with van der Waals surface area (Å²) in [6.07, 6.45) is 8.86. The molecule has 0 radical (unpaired) electrons. The van der Waals surface area contributed by atoms with Gasteiger partial charge in [-0.1, -0.05) is 17.3 Å². The SMILES string of the molecule is O=C(c1cnc2ccccc2n1)N1CCCC(Cc2nc(-c3cnccn3)no2)C1. The highest BCUT2D eigenvalue weighted by atomic mass is 16.5. The Labute approximate surface area is 172 Å². The van der Waals surface area contributed by atoms with Crippen molar-refractivity contribution in [3.8, 4) is 11.5 Å². The molecule has 0 spiro atoms. The van der Waals surface area contributed by atoms with Crippen molar-refractivity contribution in [1.29, 1.82) is 0 Å². The van der Waals surface area contributed by atoms with Crippen LogP contribution in [0.4, 0.5) is 0 Å². The molecule has 1 saturated heterocycles. The summed E-state index contributed by atoms with van der Waals surface area (Å²) in [6, 6.07) is 7.54. The van der Waals surface area contributed by atoms with Gasteiger partial charge in [-0.15, -0.1) is 0 Å². The van der Waals surface area contributed by atoms with Crippen LogP contribution in [0.15, 0.2) is 53.6 Å². The molecule has 4 aromatic rings. The average Bonchev–Trinajstić information content (AvgIpc) is 3.27. The van der Waals surface area contributed by atoms with Gasteiger partial charge in [-0.05, 0) is 30.9 Å². The number of rotatable bonds is 4.